The van der Waals surface area contributed by atoms with E-state index in [2.05, 4.69) is 10.4 Å². The first kappa shape index (κ1) is 24.0. The van der Waals surface area contributed by atoms with Crippen LogP contribution in [0.25, 0.3) is 0 Å². The van der Waals surface area contributed by atoms with Crippen LogP contribution in [-0.2, 0) is 28.8 Å². The van der Waals surface area contributed by atoms with Crippen LogP contribution < -0.4 is 11.0 Å². The van der Waals surface area contributed by atoms with Crippen molar-refractivity contribution in [2.45, 2.75) is 44.9 Å². The maximum Gasteiger partial charge on any atom is 0.418 e. The zero-order chi connectivity index (χ0) is 23.3. The van der Waals surface area contributed by atoms with Crippen LogP contribution in [0.5, 0.6) is 0 Å². The number of nitrogens with zero attached hydrogens (tertiary/aromatic N) is 4. The van der Waals surface area contributed by atoms with Crippen LogP contribution in [0.4, 0.5) is 18.9 Å². The molecule has 32 heavy (non-hydrogen) atoms. The predicted molar refractivity (Wildman–Crippen MR) is 113 cm³/mol. The van der Waals surface area contributed by atoms with E-state index in [0.29, 0.717) is 45.6 Å². The van der Waals surface area contributed by atoms with Gasteiger partial charge in [0.1, 0.15) is 5.82 Å². The zero-order valence-corrected chi connectivity index (χ0v) is 18.2. The van der Waals surface area contributed by atoms with Crippen molar-refractivity contribution in [2.24, 2.45) is 0 Å². The number of halogens is 3. The Morgan fingerprint density at radius 3 is 2.56 bits per heavy atom. The van der Waals surface area contributed by atoms with Crippen LogP contribution in [0.1, 0.15) is 37.1 Å². The first-order valence-electron chi connectivity index (χ1n) is 10.6. The normalized spacial score (nSPS) is 15.8. The molecule has 0 saturated carbocycles. The van der Waals surface area contributed by atoms with Gasteiger partial charge in [0.25, 0.3) is 0 Å². The quantitative estimate of drug-likeness (QED) is 0.662. The molecule has 176 valence electrons. The number of amides is 1. The molecule has 8 nitrogen and oxygen atoms in total. The highest BCUT2D eigenvalue weighted by atomic mass is 19.4. The van der Waals surface area contributed by atoms with Crippen LogP contribution in [0, 0.1) is 0 Å². The number of alkyl halides is 3. The molecule has 1 aliphatic heterocycles. The number of carbonyl (C=O) groups excluding carboxylic acids is 1. The number of para-hydroxylation sites is 1. The Labute approximate surface area is 184 Å². The number of aromatic nitrogens is 3. The fourth-order valence-corrected chi connectivity index (χ4v) is 3.96. The van der Waals surface area contributed by atoms with Crippen LogP contribution in [-0.4, -0.2) is 58.5 Å². The van der Waals surface area contributed by atoms with Crippen molar-refractivity contribution in [3.8, 4) is 0 Å². The maximum absolute atomic E-state index is 13.1. The molecule has 3 rings (SSSR count). The number of rotatable bonds is 8. The summed E-state index contributed by atoms with van der Waals surface area (Å²) in [6.45, 7) is 4.36. The SMILES string of the molecule is CCn1c(C2CCN(CC(=O)Nc3ccccc3C(F)(F)F)CC2)nn(CCOC)c1=O. The topological polar surface area (TPSA) is 81.4 Å². The lowest BCUT2D eigenvalue weighted by atomic mass is 9.96. The zero-order valence-electron chi connectivity index (χ0n) is 18.2. The van der Waals surface area contributed by atoms with Gasteiger partial charge in [0.2, 0.25) is 5.91 Å². The molecule has 0 aliphatic carbocycles. The predicted octanol–water partition coefficient (Wildman–Crippen LogP) is 2.55. The van der Waals surface area contributed by atoms with Crippen LogP contribution in [0.15, 0.2) is 29.1 Å². The van der Waals surface area contributed by atoms with E-state index < -0.39 is 17.6 Å². The van der Waals surface area contributed by atoms with Crippen molar-refractivity contribution < 1.29 is 22.7 Å². The third-order valence-corrected chi connectivity index (χ3v) is 5.60. The summed E-state index contributed by atoms with van der Waals surface area (Å²) in [6.07, 6.45) is -3.13. The molecule has 1 N–H and O–H groups in total. The van der Waals surface area contributed by atoms with Gasteiger partial charge in [0.05, 0.1) is 30.9 Å². The Morgan fingerprint density at radius 2 is 1.94 bits per heavy atom. The number of methoxy groups -OCH3 is 1. The number of likely N-dealkylation sites (tertiary alicyclic amines) is 1. The minimum atomic E-state index is -4.54. The summed E-state index contributed by atoms with van der Waals surface area (Å²) >= 11 is 0. The Balaban J connectivity index is 1.59. The summed E-state index contributed by atoms with van der Waals surface area (Å²) in [6, 6.07) is 4.93. The minimum Gasteiger partial charge on any atom is -0.383 e. The van der Waals surface area contributed by atoms with Crippen molar-refractivity contribution in [1.29, 1.82) is 0 Å². The first-order valence-corrected chi connectivity index (χ1v) is 10.6. The molecule has 0 atom stereocenters. The lowest BCUT2D eigenvalue weighted by Gasteiger charge is -2.31. The molecular weight excluding hydrogens is 427 g/mol. The third kappa shape index (κ3) is 5.57. The molecule has 1 aliphatic rings. The van der Waals surface area contributed by atoms with E-state index in [-0.39, 0.29) is 23.8 Å². The van der Waals surface area contributed by atoms with Gasteiger partial charge in [-0.2, -0.15) is 18.3 Å². The molecule has 2 aromatic rings. The van der Waals surface area contributed by atoms with Crippen molar-refractivity contribution in [1.82, 2.24) is 19.2 Å². The molecule has 0 radical (unpaired) electrons. The van der Waals surface area contributed by atoms with Crippen molar-refractivity contribution in [2.75, 3.05) is 38.7 Å². The summed E-state index contributed by atoms with van der Waals surface area (Å²) in [5.41, 5.74) is -1.27. The van der Waals surface area contributed by atoms with Gasteiger partial charge in [-0.3, -0.25) is 14.3 Å². The van der Waals surface area contributed by atoms with Gasteiger partial charge in [-0.25, -0.2) is 9.48 Å². The fraction of sp³-hybridized carbons (Fsp3) is 0.571. The summed E-state index contributed by atoms with van der Waals surface area (Å²) in [4.78, 5) is 26.8. The highest BCUT2D eigenvalue weighted by Crippen LogP contribution is 2.34. The molecule has 0 spiro atoms. The number of ether oxygens (including phenoxy) is 1. The largest absolute Gasteiger partial charge is 0.418 e. The molecule has 1 saturated heterocycles. The third-order valence-electron chi connectivity index (χ3n) is 5.60. The second kappa shape index (κ2) is 10.3. The molecule has 1 aromatic heterocycles. The van der Waals surface area contributed by atoms with Crippen LogP contribution in [0.3, 0.4) is 0 Å². The number of anilines is 1. The van der Waals surface area contributed by atoms with Gasteiger partial charge in [-0.05, 0) is 45.0 Å². The van der Waals surface area contributed by atoms with Gasteiger partial charge in [0, 0.05) is 19.6 Å². The van der Waals surface area contributed by atoms with Crippen molar-refractivity contribution >= 4 is 11.6 Å². The Kier molecular flexibility index (Phi) is 7.73. The molecule has 1 aromatic carbocycles. The van der Waals surface area contributed by atoms with Crippen LogP contribution >= 0.6 is 0 Å². The second-order valence-corrected chi connectivity index (χ2v) is 7.74. The van der Waals surface area contributed by atoms with Gasteiger partial charge in [-0.15, -0.1) is 0 Å². The Morgan fingerprint density at radius 1 is 1.25 bits per heavy atom. The van der Waals surface area contributed by atoms with E-state index in [9.17, 15) is 22.8 Å². The number of hydrogen-bond acceptors (Lipinski definition) is 5. The minimum absolute atomic E-state index is 0.00176. The summed E-state index contributed by atoms with van der Waals surface area (Å²) in [5.74, 6) is 0.322. The van der Waals surface area contributed by atoms with Gasteiger partial charge < -0.3 is 10.1 Å². The average Bonchev–Trinajstić information content (AvgIpc) is 3.07. The highest BCUT2D eigenvalue weighted by molar-refractivity contribution is 5.93. The molecule has 0 unspecified atom stereocenters. The van der Waals surface area contributed by atoms with Gasteiger partial charge in [0.15, 0.2) is 0 Å². The summed E-state index contributed by atoms with van der Waals surface area (Å²) < 4.78 is 47.5. The van der Waals surface area contributed by atoms with E-state index in [4.69, 9.17) is 4.74 Å². The number of piperidine rings is 1. The smallest absolute Gasteiger partial charge is 0.383 e. The molecule has 0 bridgehead atoms. The number of benzene rings is 1. The molecule has 2 heterocycles. The summed E-state index contributed by atoms with van der Waals surface area (Å²) in [7, 11) is 1.57. The second-order valence-electron chi connectivity index (χ2n) is 7.74. The lowest BCUT2D eigenvalue weighted by Crippen LogP contribution is -2.39. The van der Waals surface area contributed by atoms with Gasteiger partial charge in [-0.1, -0.05) is 12.1 Å². The Hall–Kier alpha value is -2.66. The van der Waals surface area contributed by atoms with E-state index >= 15 is 0 Å². The van der Waals surface area contributed by atoms with E-state index in [1.165, 1.54) is 22.9 Å². The monoisotopic (exact) mass is 455 g/mol. The van der Waals surface area contributed by atoms with E-state index in [1.54, 1.807) is 11.7 Å². The lowest BCUT2D eigenvalue weighted by molar-refractivity contribution is -0.137. The first-order chi connectivity index (χ1) is 15.2. The molecular formula is C21H28F3N5O3. The Bertz CT molecular complexity index is 978. The number of carbonyl (C=O) groups is 1. The van der Waals surface area contributed by atoms with Gasteiger partial charge >= 0.3 is 11.9 Å². The average molecular weight is 455 g/mol. The molecule has 11 heteroatoms. The standard InChI is InChI=1S/C21H28F3N5O3/c1-3-28-19(26-29(20(28)31)12-13-32-2)15-8-10-27(11-9-15)14-18(30)25-17-7-5-4-6-16(17)21(22,23)24/h4-7,15H,3,8-14H2,1-2H3,(H,25,30). The van der Waals surface area contributed by atoms with Crippen molar-refractivity contribution in [3.63, 3.8) is 0 Å². The van der Waals surface area contributed by atoms with Crippen molar-refractivity contribution in [3.05, 3.63) is 46.1 Å². The maximum atomic E-state index is 13.1. The fourth-order valence-electron chi connectivity index (χ4n) is 3.96. The molecule has 1 fully saturated rings. The number of hydrogen-bond donors (Lipinski definition) is 1. The number of nitrogens with one attached hydrogen (secondary N) is 1. The highest BCUT2D eigenvalue weighted by Gasteiger charge is 2.34. The molecule has 1 amide bonds. The summed E-state index contributed by atoms with van der Waals surface area (Å²) in [5, 5.41) is 6.88. The van der Waals surface area contributed by atoms with E-state index in [0.717, 1.165) is 11.9 Å². The van der Waals surface area contributed by atoms with Crippen LogP contribution in [0.2, 0.25) is 0 Å². The van der Waals surface area contributed by atoms with E-state index in [1.807, 2.05) is 11.8 Å².